The van der Waals surface area contributed by atoms with Gasteiger partial charge in [0.1, 0.15) is 0 Å². The molecule has 1 aromatic rings. The number of halogens is 2. The van der Waals surface area contributed by atoms with Crippen molar-refractivity contribution < 1.29 is 0 Å². The highest BCUT2D eigenvalue weighted by molar-refractivity contribution is 6.36. The smallest absolute Gasteiger partial charge is 0.0654 e. The molecule has 0 aromatic heterocycles. The minimum atomic E-state index is 0.133. The maximum absolute atomic E-state index is 8.62. The molecular weight excluding hydrogens is 231 g/mol. The summed E-state index contributed by atoms with van der Waals surface area (Å²) in [4.78, 5) is 1.97. The van der Waals surface area contributed by atoms with Crippen molar-refractivity contribution in [2.75, 3.05) is 11.9 Å². The lowest BCUT2D eigenvalue weighted by Crippen LogP contribution is -2.28. The molecule has 0 amide bonds. The fourth-order valence-electron chi connectivity index (χ4n) is 1.27. The van der Waals surface area contributed by atoms with Crippen LogP contribution in [0.5, 0.6) is 0 Å². The minimum Gasteiger partial charge on any atom is -0.370 e. The normalized spacial score (nSPS) is 11.9. The quantitative estimate of drug-likeness (QED) is 0.808. The van der Waals surface area contributed by atoms with Crippen molar-refractivity contribution >= 4 is 28.9 Å². The van der Waals surface area contributed by atoms with Crippen LogP contribution in [0, 0.1) is 11.3 Å². The summed E-state index contributed by atoms with van der Waals surface area (Å²) in [6.45, 7) is 1.98. The first-order valence-corrected chi connectivity index (χ1v) is 5.36. The molecule has 0 bridgehead atoms. The van der Waals surface area contributed by atoms with Gasteiger partial charge in [-0.05, 0) is 25.1 Å². The fraction of sp³-hybridized carbons (Fsp3) is 0.364. The van der Waals surface area contributed by atoms with E-state index in [1.165, 1.54) is 0 Å². The third-order valence-electron chi connectivity index (χ3n) is 2.34. The lowest BCUT2D eigenvalue weighted by atomic mass is 10.2. The molecule has 0 aliphatic rings. The molecule has 80 valence electrons. The monoisotopic (exact) mass is 242 g/mol. The number of hydrogen-bond donors (Lipinski definition) is 0. The van der Waals surface area contributed by atoms with Gasteiger partial charge in [0.05, 0.1) is 23.2 Å². The Morgan fingerprint density at radius 1 is 1.47 bits per heavy atom. The van der Waals surface area contributed by atoms with Crippen molar-refractivity contribution in [1.82, 2.24) is 0 Å². The van der Waals surface area contributed by atoms with Crippen molar-refractivity contribution in [3.8, 4) is 6.07 Å². The summed E-state index contributed by atoms with van der Waals surface area (Å²) in [6, 6.07) is 7.62. The van der Waals surface area contributed by atoms with E-state index in [-0.39, 0.29) is 6.04 Å². The lowest BCUT2D eigenvalue weighted by molar-refractivity contribution is 0.703. The van der Waals surface area contributed by atoms with Gasteiger partial charge in [0, 0.05) is 18.1 Å². The van der Waals surface area contributed by atoms with Gasteiger partial charge >= 0.3 is 0 Å². The van der Waals surface area contributed by atoms with E-state index in [2.05, 4.69) is 6.07 Å². The highest BCUT2D eigenvalue weighted by atomic mass is 35.5. The summed E-state index contributed by atoms with van der Waals surface area (Å²) in [5.74, 6) is 0. The molecule has 0 spiro atoms. The zero-order chi connectivity index (χ0) is 11.4. The fourth-order valence-corrected chi connectivity index (χ4v) is 1.82. The Balaban J connectivity index is 2.91. The van der Waals surface area contributed by atoms with Gasteiger partial charge in [-0.2, -0.15) is 5.26 Å². The number of anilines is 1. The molecule has 0 heterocycles. The summed E-state index contributed by atoms with van der Waals surface area (Å²) in [6.07, 6.45) is 0.468. The largest absolute Gasteiger partial charge is 0.370 e. The summed E-state index contributed by atoms with van der Waals surface area (Å²) < 4.78 is 0. The first-order chi connectivity index (χ1) is 7.06. The molecule has 2 nitrogen and oxygen atoms in total. The second-order valence-electron chi connectivity index (χ2n) is 3.42. The Hall–Kier alpha value is -0.910. The number of nitrogens with zero attached hydrogens (tertiary/aromatic N) is 2. The molecule has 1 unspecified atom stereocenters. The predicted molar refractivity (Wildman–Crippen MR) is 64.6 cm³/mol. The van der Waals surface area contributed by atoms with Crippen LogP contribution < -0.4 is 4.90 Å². The van der Waals surface area contributed by atoms with E-state index in [0.29, 0.717) is 16.5 Å². The molecule has 0 saturated carbocycles. The van der Waals surface area contributed by atoms with Gasteiger partial charge in [0.25, 0.3) is 0 Å². The van der Waals surface area contributed by atoms with E-state index >= 15 is 0 Å². The molecule has 15 heavy (non-hydrogen) atoms. The molecule has 1 aromatic carbocycles. The summed E-state index contributed by atoms with van der Waals surface area (Å²) in [5, 5.41) is 9.84. The van der Waals surface area contributed by atoms with Crippen LogP contribution in [0.2, 0.25) is 10.0 Å². The third kappa shape index (κ3) is 3.02. The first kappa shape index (κ1) is 12.2. The number of rotatable bonds is 3. The standard InChI is InChI=1S/C11H12Cl2N2/c1-8(5-6-14)15(2)11-4-3-9(12)7-10(11)13/h3-4,7-8H,5H2,1-2H3. The molecule has 0 radical (unpaired) electrons. The van der Waals surface area contributed by atoms with E-state index in [1.54, 1.807) is 12.1 Å². The van der Waals surface area contributed by atoms with Crippen LogP contribution in [0.15, 0.2) is 18.2 Å². The van der Waals surface area contributed by atoms with Crippen molar-refractivity contribution in [2.45, 2.75) is 19.4 Å². The predicted octanol–water partition coefficient (Wildman–Crippen LogP) is 3.73. The first-order valence-electron chi connectivity index (χ1n) is 4.61. The van der Waals surface area contributed by atoms with Gasteiger partial charge in [-0.15, -0.1) is 0 Å². The number of hydrogen-bond acceptors (Lipinski definition) is 2. The van der Waals surface area contributed by atoms with Crippen LogP contribution in [0.1, 0.15) is 13.3 Å². The van der Waals surface area contributed by atoms with Crippen LogP contribution in [0.4, 0.5) is 5.69 Å². The van der Waals surface area contributed by atoms with Crippen LogP contribution >= 0.6 is 23.2 Å². The Morgan fingerprint density at radius 2 is 2.13 bits per heavy atom. The maximum atomic E-state index is 8.62. The SMILES string of the molecule is CC(CC#N)N(C)c1ccc(Cl)cc1Cl. The highest BCUT2D eigenvalue weighted by Crippen LogP contribution is 2.29. The van der Waals surface area contributed by atoms with Crippen LogP contribution in [0.25, 0.3) is 0 Å². The van der Waals surface area contributed by atoms with E-state index in [9.17, 15) is 0 Å². The second kappa shape index (κ2) is 5.25. The van der Waals surface area contributed by atoms with Gasteiger partial charge in [-0.1, -0.05) is 23.2 Å². The van der Waals surface area contributed by atoms with E-state index < -0.39 is 0 Å². The second-order valence-corrected chi connectivity index (χ2v) is 4.26. The highest BCUT2D eigenvalue weighted by Gasteiger charge is 2.12. The maximum Gasteiger partial charge on any atom is 0.0654 e. The van der Waals surface area contributed by atoms with Crippen molar-refractivity contribution in [1.29, 1.82) is 5.26 Å². The number of benzene rings is 1. The Morgan fingerprint density at radius 3 is 2.67 bits per heavy atom. The molecule has 0 aliphatic heterocycles. The van der Waals surface area contributed by atoms with Crippen molar-refractivity contribution in [2.24, 2.45) is 0 Å². The molecular formula is C11H12Cl2N2. The van der Waals surface area contributed by atoms with Gasteiger partial charge in [-0.3, -0.25) is 0 Å². The van der Waals surface area contributed by atoms with Crippen LogP contribution in [0.3, 0.4) is 0 Å². The summed E-state index contributed by atoms with van der Waals surface area (Å²) >= 11 is 11.9. The van der Waals surface area contributed by atoms with Gasteiger partial charge in [0.2, 0.25) is 0 Å². The topological polar surface area (TPSA) is 27.0 Å². The van der Waals surface area contributed by atoms with E-state index in [1.807, 2.05) is 24.9 Å². The van der Waals surface area contributed by atoms with Crippen molar-refractivity contribution in [3.63, 3.8) is 0 Å². The molecule has 1 atom stereocenters. The number of nitriles is 1. The van der Waals surface area contributed by atoms with E-state index in [4.69, 9.17) is 28.5 Å². The average molecular weight is 243 g/mol. The summed E-state index contributed by atoms with van der Waals surface area (Å²) in [5.41, 5.74) is 0.892. The Labute approximate surface area is 100 Å². The van der Waals surface area contributed by atoms with Crippen LogP contribution in [-0.4, -0.2) is 13.1 Å². The Kier molecular flexibility index (Phi) is 4.26. The molecule has 0 fully saturated rings. The van der Waals surface area contributed by atoms with Gasteiger partial charge in [0.15, 0.2) is 0 Å². The molecule has 1 rings (SSSR count). The zero-order valence-corrected chi connectivity index (χ0v) is 10.2. The van der Waals surface area contributed by atoms with Gasteiger partial charge in [-0.25, -0.2) is 0 Å². The average Bonchev–Trinajstić information content (AvgIpc) is 2.17. The van der Waals surface area contributed by atoms with Crippen molar-refractivity contribution in [3.05, 3.63) is 28.2 Å². The zero-order valence-electron chi connectivity index (χ0n) is 8.67. The van der Waals surface area contributed by atoms with E-state index in [0.717, 1.165) is 5.69 Å². The molecule has 0 aliphatic carbocycles. The van der Waals surface area contributed by atoms with Crippen LogP contribution in [-0.2, 0) is 0 Å². The molecule has 0 saturated heterocycles. The molecule has 4 heteroatoms. The Bertz CT molecular complexity index is 385. The minimum absolute atomic E-state index is 0.133. The van der Waals surface area contributed by atoms with Gasteiger partial charge < -0.3 is 4.90 Å². The third-order valence-corrected chi connectivity index (χ3v) is 2.88. The molecule has 0 N–H and O–H groups in total. The lowest BCUT2D eigenvalue weighted by Gasteiger charge is -2.26. The summed E-state index contributed by atoms with van der Waals surface area (Å²) in [7, 11) is 1.91.